The Labute approximate surface area is 117 Å². The molecular formula is C14H20BrNO2. The van der Waals surface area contributed by atoms with Crippen LogP contribution < -0.4 is 10.1 Å². The van der Waals surface area contributed by atoms with Gasteiger partial charge in [-0.1, -0.05) is 22.0 Å². The lowest BCUT2D eigenvalue weighted by molar-refractivity contribution is 0.0543. The van der Waals surface area contributed by atoms with Crippen LogP contribution in [0.5, 0.6) is 5.75 Å². The fourth-order valence-corrected chi connectivity index (χ4v) is 2.98. The molecule has 1 fully saturated rings. The Morgan fingerprint density at radius 3 is 2.72 bits per heavy atom. The predicted molar refractivity (Wildman–Crippen MR) is 76.0 cm³/mol. The highest BCUT2D eigenvalue weighted by Crippen LogP contribution is 2.36. The molecule has 1 aliphatic rings. The van der Waals surface area contributed by atoms with Gasteiger partial charge in [-0.15, -0.1) is 0 Å². The molecule has 1 heterocycles. The van der Waals surface area contributed by atoms with Gasteiger partial charge < -0.3 is 14.8 Å². The van der Waals surface area contributed by atoms with Crippen LogP contribution in [0.25, 0.3) is 0 Å². The zero-order chi connectivity index (χ0) is 13.0. The largest absolute Gasteiger partial charge is 0.496 e. The Kier molecular flexibility index (Phi) is 5.03. The van der Waals surface area contributed by atoms with E-state index in [0.29, 0.717) is 12.0 Å². The first-order valence-corrected chi connectivity index (χ1v) is 7.14. The second kappa shape index (κ2) is 6.55. The Morgan fingerprint density at radius 1 is 1.39 bits per heavy atom. The van der Waals surface area contributed by atoms with Crippen LogP contribution in [0.4, 0.5) is 0 Å². The minimum absolute atomic E-state index is 0.331. The van der Waals surface area contributed by atoms with E-state index in [1.807, 2.05) is 13.1 Å². The lowest BCUT2D eigenvalue weighted by Crippen LogP contribution is -2.30. The lowest BCUT2D eigenvalue weighted by Gasteiger charge is -2.31. The van der Waals surface area contributed by atoms with Crippen LogP contribution in [0, 0.1) is 5.92 Å². The molecule has 0 amide bonds. The third kappa shape index (κ3) is 3.05. The first kappa shape index (κ1) is 13.8. The van der Waals surface area contributed by atoms with Gasteiger partial charge in [-0.25, -0.2) is 0 Å². The molecule has 1 unspecified atom stereocenters. The van der Waals surface area contributed by atoms with E-state index in [-0.39, 0.29) is 0 Å². The van der Waals surface area contributed by atoms with Crippen molar-refractivity contribution in [3.63, 3.8) is 0 Å². The summed E-state index contributed by atoms with van der Waals surface area (Å²) in [5.41, 5.74) is 1.23. The van der Waals surface area contributed by atoms with E-state index in [9.17, 15) is 0 Å². The van der Waals surface area contributed by atoms with Crippen LogP contribution in [0.15, 0.2) is 22.7 Å². The van der Waals surface area contributed by atoms with Gasteiger partial charge in [0.25, 0.3) is 0 Å². The van der Waals surface area contributed by atoms with Gasteiger partial charge >= 0.3 is 0 Å². The summed E-state index contributed by atoms with van der Waals surface area (Å²) in [4.78, 5) is 0. The summed E-state index contributed by atoms with van der Waals surface area (Å²) in [5, 5.41) is 3.43. The highest BCUT2D eigenvalue weighted by atomic mass is 79.9. The van der Waals surface area contributed by atoms with Gasteiger partial charge in [0.05, 0.1) is 7.11 Å². The van der Waals surface area contributed by atoms with Crippen molar-refractivity contribution < 1.29 is 9.47 Å². The lowest BCUT2D eigenvalue weighted by atomic mass is 9.87. The van der Waals surface area contributed by atoms with E-state index in [4.69, 9.17) is 9.47 Å². The van der Waals surface area contributed by atoms with Crippen molar-refractivity contribution in [1.82, 2.24) is 5.32 Å². The molecule has 0 radical (unpaired) electrons. The summed E-state index contributed by atoms with van der Waals surface area (Å²) < 4.78 is 12.0. The summed E-state index contributed by atoms with van der Waals surface area (Å²) in [6.45, 7) is 1.73. The first-order chi connectivity index (χ1) is 8.76. The summed E-state index contributed by atoms with van der Waals surface area (Å²) >= 11 is 3.48. The second-order valence-electron chi connectivity index (χ2n) is 4.60. The van der Waals surface area contributed by atoms with E-state index >= 15 is 0 Å². The molecule has 3 nitrogen and oxygen atoms in total. The monoisotopic (exact) mass is 313 g/mol. The summed E-state index contributed by atoms with van der Waals surface area (Å²) in [7, 11) is 3.74. The molecule has 1 saturated heterocycles. The minimum Gasteiger partial charge on any atom is -0.496 e. The number of halogens is 1. The molecule has 1 aromatic rings. The molecule has 1 aliphatic heterocycles. The fourth-order valence-electron chi connectivity index (χ4n) is 2.64. The van der Waals surface area contributed by atoms with Crippen molar-refractivity contribution in [3.8, 4) is 5.75 Å². The number of benzene rings is 1. The Hall–Kier alpha value is -0.580. The zero-order valence-electron chi connectivity index (χ0n) is 10.9. The van der Waals surface area contributed by atoms with Crippen molar-refractivity contribution in [2.24, 2.45) is 5.92 Å². The normalized spacial score (nSPS) is 18.6. The van der Waals surface area contributed by atoms with Gasteiger partial charge in [-0.2, -0.15) is 0 Å². The number of methoxy groups -OCH3 is 1. The Morgan fingerprint density at radius 2 is 2.11 bits per heavy atom. The van der Waals surface area contributed by atoms with Gasteiger partial charge in [0, 0.05) is 29.3 Å². The highest BCUT2D eigenvalue weighted by molar-refractivity contribution is 9.10. The van der Waals surface area contributed by atoms with Crippen molar-refractivity contribution in [2.75, 3.05) is 27.4 Å². The van der Waals surface area contributed by atoms with Gasteiger partial charge in [-0.05, 0) is 37.9 Å². The zero-order valence-corrected chi connectivity index (χ0v) is 12.5. The number of rotatable bonds is 4. The summed E-state index contributed by atoms with van der Waals surface area (Å²) in [5.74, 6) is 1.55. The SMILES string of the molecule is CNC(c1ccc(Br)cc1OC)C1CCOCC1. The van der Waals surface area contributed by atoms with Crippen LogP contribution in [0.1, 0.15) is 24.4 Å². The fraction of sp³-hybridized carbons (Fsp3) is 0.571. The molecule has 0 aromatic heterocycles. The van der Waals surface area contributed by atoms with Crippen LogP contribution in [-0.4, -0.2) is 27.4 Å². The van der Waals surface area contributed by atoms with Crippen LogP contribution in [-0.2, 0) is 4.74 Å². The van der Waals surface area contributed by atoms with Crippen LogP contribution in [0.2, 0.25) is 0 Å². The second-order valence-corrected chi connectivity index (χ2v) is 5.52. The third-order valence-corrected chi connectivity index (χ3v) is 4.07. The van der Waals surface area contributed by atoms with Gasteiger partial charge in [-0.3, -0.25) is 0 Å². The number of nitrogens with one attached hydrogen (secondary N) is 1. The van der Waals surface area contributed by atoms with Crippen molar-refractivity contribution in [2.45, 2.75) is 18.9 Å². The average Bonchev–Trinajstić information content (AvgIpc) is 2.42. The molecule has 4 heteroatoms. The average molecular weight is 314 g/mol. The minimum atomic E-state index is 0.331. The molecule has 0 aliphatic carbocycles. The summed E-state index contributed by atoms with van der Waals surface area (Å²) in [6, 6.07) is 6.57. The quantitative estimate of drug-likeness (QED) is 0.926. The van der Waals surface area contributed by atoms with Crippen molar-refractivity contribution in [3.05, 3.63) is 28.2 Å². The van der Waals surface area contributed by atoms with E-state index in [1.165, 1.54) is 5.56 Å². The molecule has 100 valence electrons. The highest BCUT2D eigenvalue weighted by Gasteiger charge is 2.26. The molecule has 1 N–H and O–H groups in total. The smallest absolute Gasteiger partial charge is 0.124 e. The molecule has 18 heavy (non-hydrogen) atoms. The van der Waals surface area contributed by atoms with E-state index in [1.54, 1.807) is 7.11 Å². The molecule has 0 spiro atoms. The molecule has 1 atom stereocenters. The van der Waals surface area contributed by atoms with Gasteiger partial charge in [0.15, 0.2) is 0 Å². The molecule has 1 aromatic carbocycles. The Bertz CT molecular complexity index is 391. The van der Waals surface area contributed by atoms with Gasteiger partial charge in [0.2, 0.25) is 0 Å². The predicted octanol–water partition coefficient (Wildman–Crippen LogP) is 3.14. The van der Waals surface area contributed by atoms with Crippen molar-refractivity contribution in [1.29, 1.82) is 0 Å². The molecule has 2 rings (SSSR count). The maximum absolute atomic E-state index is 5.50. The van der Waals surface area contributed by atoms with Crippen LogP contribution >= 0.6 is 15.9 Å². The van der Waals surface area contributed by atoms with E-state index in [0.717, 1.165) is 36.3 Å². The summed E-state index contributed by atoms with van der Waals surface area (Å²) in [6.07, 6.45) is 2.20. The topological polar surface area (TPSA) is 30.5 Å². The number of hydrogen-bond donors (Lipinski definition) is 1. The first-order valence-electron chi connectivity index (χ1n) is 6.34. The standard InChI is InChI=1S/C14H20BrNO2/c1-16-14(10-5-7-18-8-6-10)12-4-3-11(15)9-13(12)17-2/h3-4,9-10,14,16H,5-8H2,1-2H3. The molecule has 0 bridgehead atoms. The Balaban J connectivity index is 2.25. The van der Waals surface area contributed by atoms with Crippen LogP contribution in [0.3, 0.4) is 0 Å². The number of ether oxygens (including phenoxy) is 2. The van der Waals surface area contributed by atoms with E-state index in [2.05, 4.69) is 33.4 Å². The van der Waals surface area contributed by atoms with Crippen molar-refractivity contribution >= 4 is 15.9 Å². The third-order valence-electron chi connectivity index (χ3n) is 3.58. The van der Waals surface area contributed by atoms with E-state index < -0.39 is 0 Å². The maximum atomic E-state index is 5.50. The molecular weight excluding hydrogens is 294 g/mol. The maximum Gasteiger partial charge on any atom is 0.124 e. The molecule has 0 saturated carbocycles. The van der Waals surface area contributed by atoms with Gasteiger partial charge in [0.1, 0.15) is 5.75 Å². The number of hydrogen-bond acceptors (Lipinski definition) is 3.